The van der Waals surface area contributed by atoms with Crippen molar-refractivity contribution in [3.63, 3.8) is 0 Å². The van der Waals surface area contributed by atoms with Crippen LogP contribution in [0, 0.1) is 22.7 Å². The molecular weight excluding hydrogens is 981 g/mol. The van der Waals surface area contributed by atoms with Gasteiger partial charge in [0.2, 0.25) is 6.08 Å². The van der Waals surface area contributed by atoms with Crippen LogP contribution in [0.1, 0.15) is 181 Å². The lowest BCUT2D eigenvalue weighted by molar-refractivity contribution is -0.156. The van der Waals surface area contributed by atoms with E-state index in [4.69, 9.17) is 19.3 Å². The standard InChI is InChI=1S/C33H45NO5.C20H30O4.C13H15NO/c1-9-25(24(4)35)20-28(26-14-11-10-12-15-26)22-32(5,6)30(36)38-18-19-39-31(37)34-33(7,8)29-17-13-16-27(21-29)23(2)3;1-5-16(15(2)22)13-18(17-9-7-6-8-10-17)14-20(3,4)19(23)24-12-11-21;1-10(2)11-6-5-7-12(8-11)13(3,4)14-9-15/h10-17,21,25,28H,2,9,18-20,22H2,1,3-8H3,(H,34,37);6-10,16,18,21H,5,11-14H2,1-4H3;5-8H,1H2,2-4H3. The van der Waals surface area contributed by atoms with Crippen molar-refractivity contribution in [3.8, 4) is 0 Å². The van der Waals surface area contributed by atoms with Gasteiger partial charge in [-0.3, -0.25) is 19.2 Å². The first-order chi connectivity index (χ1) is 36.5. The van der Waals surface area contributed by atoms with Gasteiger partial charge in [-0.15, -0.1) is 0 Å². The first kappa shape index (κ1) is 67.4. The van der Waals surface area contributed by atoms with Crippen LogP contribution in [0.4, 0.5) is 4.79 Å². The molecule has 12 heteroatoms. The van der Waals surface area contributed by atoms with Crippen LogP contribution in [0.3, 0.4) is 0 Å². The van der Waals surface area contributed by atoms with Gasteiger partial charge in [-0.25, -0.2) is 9.59 Å². The van der Waals surface area contributed by atoms with E-state index in [0.29, 0.717) is 19.3 Å². The van der Waals surface area contributed by atoms with Crippen molar-refractivity contribution in [3.05, 3.63) is 156 Å². The molecule has 0 bridgehead atoms. The third kappa shape index (κ3) is 22.7. The Kier molecular flexibility index (Phi) is 27.8. The smallest absolute Gasteiger partial charge is 0.407 e. The van der Waals surface area contributed by atoms with E-state index >= 15 is 0 Å². The van der Waals surface area contributed by atoms with Crippen LogP contribution < -0.4 is 5.32 Å². The minimum Gasteiger partial charge on any atom is -0.463 e. The molecule has 4 aromatic rings. The maximum atomic E-state index is 13.0. The Morgan fingerprint density at radius 3 is 1.36 bits per heavy atom. The summed E-state index contributed by atoms with van der Waals surface area (Å²) in [7, 11) is 0. The molecule has 0 aliphatic heterocycles. The van der Waals surface area contributed by atoms with Crippen LogP contribution in [0.2, 0.25) is 0 Å². The molecule has 0 aromatic heterocycles. The number of esters is 2. The number of ketones is 2. The number of isocyanates is 1. The SMILES string of the molecule is C=C(C)c1cccc(C(C)(C)N=C=O)c1.C=C(C)c1cccc(C(C)(C)NC(=O)OCCOC(=O)C(C)(C)CC(CC(CC)C(C)=O)c2ccccc2)c1.CCC(CC(CC(C)(C)C(=O)OCCO)c1ccccc1)C(C)=O. The molecule has 0 radical (unpaired) electrons. The number of rotatable bonds is 27. The molecule has 0 aliphatic carbocycles. The molecule has 0 saturated heterocycles. The Hall–Kier alpha value is -6.75. The van der Waals surface area contributed by atoms with Crippen LogP contribution in [0.25, 0.3) is 11.1 Å². The van der Waals surface area contributed by atoms with Crippen molar-refractivity contribution in [2.45, 2.75) is 158 Å². The third-order valence-corrected chi connectivity index (χ3v) is 14.2. The first-order valence-electron chi connectivity index (χ1n) is 27.2. The Bertz CT molecular complexity index is 2630. The van der Waals surface area contributed by atoms with E-state index < -0.39 is 28.0 Å². The molecule has 4 unspecified atom stereocenters. The Morgan fingerprint density at radius 1 is 0.577 bits per heavy atom. The van der Waals surface area contributed by atoms with Crippen molar-refractivity contribution in [2.75, 3.05) is 26.4 Å². The van der Waals surface area contributed by atoms with Gasteiger partial charge in [-0.1, -0.05) is 135 Å². The average molecular weight is 1070 g/mol. The number of aliphatic hydroxyl groups is 1. The van der Waals surface area contributed by atoms with Gasteiger partial charge < -0.3 is 24.6 Å². The number of ether oxygens (including phenoxy) is 3. The fourth-order valence-electron chi connectivity index (χ4n) is 9.13. The molecule has 4 aromatic carbocycles. The predicted molar refractivity (Wildman–Crippen MR) is 313 cm³/mol. The van der Waals surface area contributed by atoms with Crippen molar-refractivity contribution < 1.29 is 48.1 Å². The number of nitrogens with zero attached hydrogens (tertiary/aromatic N) is 1. The maximum Gasteiger partial charge on any atom is 0.407 e. The fraction of sp³-hybridized carbons (Fsp3) is 0.485. The minimum atomic E-state index is -0.784. The van der Waals surface area contributed by atoms with E-state index in [1.807, 2.05) is 192 Å². The molecule has 424 valence electrons. The Balaban J connectivity index is 0.000000450. The number of Topliss-reactive ketones (excluding diaryl/α,β-unsaturated/α-hetero) is 2. The predicted octanol–water partition coefficient (Wildman–Crippen LogP) is 14.4. The molecule has 0 spiro atoms. The molecule has 1 amide bonds. The van der Waals surface area contributed by atoms with Gasteiger partial charge in [0, 0.05) is 11.8 Å². The molecule has 0 heterocycles. The molecule has 4 rings (SSSR count). The summed E-state index contributed by atoms with van der Waals surface area (Å²) in [5, 5.41) is 11.7. The van der Waals surface area contributed by atoms with Gasteiger partial charge in [0.05, 0.1) is 28.5 Å². The average Bonchev–Trinajstić information content (AvgIpc) is 3.39. The quantitative estimate of drug-likeness (QED) is 0.0192. The second kappa shape index (κ2) is 32.2. The zero-order valence-corrected chi connectivity index (χ0v) is 49.3. The molecule has 4 atom stereocenters. The number of hydrogen-bond acceptors (Lipinski definition) is 11. The van der Waals surface area contributed by atoms with Gasteiger partial charge in [-0.2, -0.15) is 4.99 Å². The van der Waals surface area contributed by atoms with Gasteiger partial charge in [0.15, 0.2) is 0 Å². The summed E-state index contributed by atoms with van der Waals surface area (Å²) in [6, 6.07) is 35.8. The summed E-state index contributed by atoms with van der Waals surface area (Å²) in [5.41, 5.74) is 5.54. The summed E-state index contributed by atoms with van der Waals surface area (Å²) in [6.07, 6.45) is 5.13. The number of carbonyl (C=O) groups excluding carboxylic acids is 6. The summed E-state index contributed by atoms with van der Waals surface area (Å²) in [6.45, 7) is 33.8. The Labute approximate surface area is 466 Å². The Morgan fingerprint density at radius 2 is 0.974 bits per heavy atom. The van der Waals surface area contributed by atoms with Gasteiger partial charge in [0.1, 0.15) is 31.4 Å². The molecular formula is C66H90N2O10. The van der Waals surface area contributed by atoms with Crippen molar-refractivity contribution in [2.24, 2.45) is 27.7 Å². The minimum absolute atomic E-state index is 0.000492. The van der Waals surface area contributed by atoms with Crippen molar-refractivity contribution in [1.29, 1.82) is 0 Å². The number of carbonyl (C=O) groups is 5. The summed E-state index contributed by atoms with van der Waals surface area (Å²) in [5.74, 6) is -0.221. The van der Waals surface area contributed by atoms with Gasteiger partial charge in [-0.05, 0) is 179 Å². The highest BCUT2D eigenvalue weighted by molar-refractivity contribution is 5.79. The number of hydrogen-bond donors (Lipinski definition) is 2. The second-order valence-electron chi connectivity index (χ2n) is 22.7. The molecule has 12 nitrogen and oxygen atoms in total. The van der Waals surface area contributed by atoms with Crippen molar-refractivity contribution in [1.82, 2.24) is 5.32 Å². The number of alkyl carbamates (subject to hydrolysis) is 1. The van der Waals surface area contributed by atoms with E-state index in [0.717, 1.165) is 63.8 Å². The molecule has 2 N–H and O–H groups in total. The van der Waals surface area contributed by atoms with Gasteiger partial charge in [0.25, 0.3) is 0 Å². The topological polar surface area (TPSA) is 175 Å². The van der Waals surface area contributed by atoms with E-state index in [1.54, 1.807) is 19.9 Å². The third-order valence-electron chi connectivity index (χ3n) is 14.2. The monoisotopic (exact) mass is 1070 g/mol. The molecule has 0 saturated carbocycles. The van der Waals surface area contributed by atoms with E-state index in [2.05, 4.69) is 23.5 Å². The highest BCUT2D eigenvalue weighted by Gasteiger charge is 2.36. The van der Waals surface area contributed by atoms with E-state index in [1.165, 1.54) is 0 Å². The molecule has 0 aliphatic rings. The van der Waals surface area contributed by atoms with E-state index in [-0.39, 0.29) is 73.6 Å². The lowest BCUT2D eigenvalue weighted by Gasteiger charge is -2.30. The van der Waals surface area contributed by atoms with Crippen molar-refractivity contribution >= 4 is 46.8 Å². The largest absolute Gasteiger partial charge is 0.463 e. The normalized spacial score (nSPS) is 13.0. The highest BCUT2D eigenvalue weighted by Crippen LogP contribution is 2.39. The number of nitrogens with one attached hydrogen (secondary N) is 1. The number of benzene rings is 4. The molecule has 78 heavy (non-hydrogen) atoms. The zero-order valence-electron chi connectivity index (χ0n) is 49.3. The summed E-state index contributed by atoms with van der Waals surface area (Å²) in [4.78, 5) is 75.9. The second-order valence-corrected chi connectivity index (χ2v) is 22.7. The zero-order chi connectivity index (χ0) is 58.9. The van der Waals surface area contributed by atoms with Crippen LogP contribution >= 0.6 is 0 Å². The van der Waals surface area contributed by atoms with Crippen LogP contribution in [0.15, 0.2) is 127 Å². The first-order valence-corrected chi connectivity index (χ1v) is 27.2. The fourth-order valence-corrected chi connectivity index (χ4v) is 9.13. The molecule has 0 fully saturated rings. The van der Waals surface area contributed by atoms with Crippen LogP contribution in [-0.4, -0.2) is 67.2 Å². The number of aliphatic imine (C=N–C) groups is 1. The number of aliphatic hydroxyl groups excluding tert-OH is 1. The lowest BCUT2D eigenvalue weighted by Crippen LogP contribution is -2.41. The number of allylic oxidation sites excluding steroid dienone is 2. The van der Waals surface area contributed by atoms with Gasteiger partial charge >= 0.3 is 18.0 Å². The number of amides is 1. The lowest BCUT2D eigenvalue weighted by atomic mass is 9.75. The highest BCUT2D eigenvalue weighted by atomic mass is 16.6. The van der Waals surface area contributed by atoms with E-state index in [9.17, 15) is 28.8 Å². The maximum absolute atomic E-state index is 13.0. The summed E-state index contributed by atoms with van der Waals surface area (Å²) >= 11 is 0. The van der Waals surface area contributed by atoms with Crippen LogP contribution in [-0.2, 0) is 49.3 Å². The van der Waals surface area contributed by atoms with Crippen LogP contribution in [0.5, 0.6) is 0 Å². The summed E-state index contributed by atoms with van der Waals surface area (Å²) < 4.78 is 15.9.